The summed E-state index contributed by atoms with van der Waals surface area (Å²) in [4.78, 5) is 0. The first kappa shape index (κ1) is 11.8. The Hall–Kier alpha value is 0.310. The summed E-state index contributed by atoms with van der Waals surface area (Å²) in [6.45, 7) is 3.38. The molecule has 2 aliphatic rings. The van der Waals surface area contributed by atoms with E-state index in [4.69, 9.17) is 0 Å². The zero-order valence-corrected chi connectivity index (χ0v) is 10.8. The van der Waals surface area contributed by atoms with Gasteiger partial charge >= 0.3 is 0 Å². The highest BCUT2D eigenvalue weighted by molar-refractivity contribution is 7.99. The lowest BCUT2D eigenvalue weighted by atomic mass is 10.0. The van der Waals surface area contributed by atoms with Gasteiger partial charge in [0.05, 0.1) is 0 Å². The fraction of sp³-hybridized carbons (Fsp3) is 1.00. The predicted molar refractivity (Wildman–Crippen MR) is 69.5 cm³/mol. The molecule has 0 aliphatic heterocycles. The van der Waals surface area contributed by atoms with Gasteiger partial charge in [-0.15, -0.1) is 0 Å². The molecule has 0 heterocycles. The fourth-order valence-corrected chi connectivity index (χ4v) is 4.13. The number of nitrogens with one attached hydrogen (secondary N) is 1. The van der Waals surface area contributed by atoms with E-state index >= 15 is 0 Å². The van der Waals surface area contributed by atoms with Crippen LogP contribution in [0.15, 0.2) is 0 Å². The van der Waals surface area contributed by atoms with Crippen LogP contribution in [0.25, 0.3) is 0 Å². The van der Waals surface area contributed by atoms with Crippen LogP contribution < -0.4 is 5.32 Å². The van der Waals surface area contributed by atoms with Gasteiger partial charge in [0.2, 0.25) is 0 Å². The Kier molecular flexibility index (Phi) is 4.83. The molecule has 2 aliphatic carbocycles. The molecule has 2 rings (SSSR count). The van der Waals surface area contributed by atoms with Gasteiger partial charge in [-0.2, -0.15) is 11.8 Å². The van der Waals surface area contributed by atoms with Gasteiger partial charge in [-0.3, -0.25) is 0 Å². The first-order chi connectivity index (χ1) is 7.40. The van der Waals surface area contributed by atoms with Crippen LogP contribution in [-0.2, 0) is 0 Å². The number of hydrogen-bond donors (Lipinski definition) is 1. The first-order valence-electron chi connectivity index (χ1n) is 6.75. The zero-order valence-electron chi connectivity index (χ0n) is 10.0. The van der Waals surface area contributed by atoms with Crippen molar-refractivity contribution in [2.24, 2.45) is 5.92 Å². The summed E-state index contributed by atoms with van der Waals surface area (Å²) in [5.74, 6) is 2.38. The van der Waals surface area contributed by atoms with Gasteiger partial charge in [-0.05, 0) is 38.1 Å². The van der Waals surface area contributed by atoms with Gasteiger partial charge in [-0.25, -0.2) is 0 Å². The number of hydrogen-bond acceptors (Lipinski definition) is 2. The van der Waals surface area contributed by atoms with Gasteiger partial charge in [-0.1, -0.05) is 26.2 Å². The third kappa shape index (κ3) is 3.99. The Morgan fingerprint density at radius 1 is 1.13 bits per heavy atom. The van der Waals surface area contributed by atoms with Crippen LogP contribution in [0.3, 0.4) is 0 Å². The Balaban J connectivity index is 1.65. The average Bonchev–Trinajstić information content (AvgIpc) is 3.09. The summed E-state index contributed by atoms with van der Waals surface area (Å²) >= 11 is 2.25. The molecule has 0 aromatic rings. The fourth-order valence-electron chi connectivity index (χ4n) is 2.59. The van der Waals surface area contributed by atoms with Gasteiger partial charge in [0.1, 0.15) is 0 Å². The van der Waals surface area contributed by atoms with Gasteiger partial charge in [0.15, 0.2) is 0 Å². The minimum absolute atomic E-state index is 0.821. The summed E-state index contributed by atoms with van der Waals surface area (Å²) < 4.78 is 0. The molecule has 1 N–H and O–H groups in total. The van der Waals surface area contributed by atoms with Crippen molar-refractivity contribution in [1.29, 1.82) is 0 Å². The summed E-state index contributed by atoms with van der Waals surface area (Å²) in [6.07, 6.45) is 10.4. The Morgan fingerprint density at radius 2 is 1.87 bits per heavy atom. The molecule has 0 radical (unpaired) electrons. The van der Waals surface area contributed by atoms with E-state index < -0.39 is 0 Å². The molecule has 0 amide bonds. The van der Waals surface area contributed by atoms with Crippen molar-refractivity contribution < 1.29 is 0 Å². The molecule has 0 saturated heterocycles. The average molecular weight is 227 g/mol. The molecule has 2 heteroatoms. The van der Waals surface area contributed by atoms with Crippen molar-refractivity contribution in [3.8, 4) is 0 Å². The van der Waals surface area contributed by atoms with E-state index in [0.717, 1.165) is 23.8 Å². The molecule has 88 valence electrons. The molecule has 1 unspecified atom stereocenters. The second kappa shape index (κ2) is 6.15. The summed E-state index contributed by atoms with van der Waals surface area (Å²) in [6, 6.07) is 0.821. The lowest BCUT2D eigenvalue weighted by Crippen LogP contribution is -2.33. The molecule has 0 aromatic heterocycles. The van der Waals surface area contributed by atoms with E-state index in [1.165, 1.54) is 50.7 Å². The van der Waals surface area contributed by atoms with Crippen LogP contribution in [0.4, 0.5) is 0 Å². The summed E-state index contributed by atoms with van der Waals surface area (Å²) in [5, 5.41) is 4.65. The van der Waals surface area contributed by atoms with E-state index in [1.54, 1.807) is 0 Å². The predicted octanol–water partition coefficient (Wildman–Crippen LogP) is 3.44. The Bertz CT molecular complexity index is 173. The quantitative estimate of drug-likeness (QED) is 0.746. The smallest absolute Gasteiger partial charge is 0.0186 e. The largest absolute Gasteiger partial charge is 0.313 e. The second-order valence-corrected chi connectivity index (χ2v) is 6.43. The highest BCUT2D eigenvalue weighted by Crippen LogP contribution is 2.36. The lowest BCUT2D eigenvalue weighted by molar-refractivity contribution is 0.503. The Morgan fingerprint density at radius 3 is 2.47 bits per heavy atom. The zero-order chi connectivity index (χ0) is 10.5. The topological polar surface area (TPSA) is 12.0 Å². The maximum absolute atomic E-state index is 3.66. The number of thioether (sulfide) groups is 1. The third-order valence-corrected chi connectivity index (χ3v) is 5.22. The minimum Gasteiger partial charge on any atom is -0.313 e. The molecule has 0 spiro atoms. The van der Waals surface area contributed by atoms with E-state index in [0.29, 0.717) is 0 Å². The molecule has 1 nitrogen and oxygen atoms in total. The van der Waals surface area contributed by atoms with Crippen molar-refractivity contribution in [1.82, 2.24) is 5.32 Å². The molecular formula is C13H25NS. The standard InChI is InChI=1S/C13H25NS/c1-2-14-13(11-8-9-11)10-15-12-6-4-3-5-7-12/h11-14H,2-10H2,1H3. The van der Waals surface area contributed by atoms with Gasteiger partial charge in [0.25, 0.3) is 0 Å². The molecule has 0 bridgehead atoms. The maximum atomic E-state index is 3.66. The molecular weight excluding hydrogens is 202 g/mol. The van der Waals surface area contributed by atoms with Crippen LogP contribution in [0.5, 0.6) is 0 Å². The molecule has 0 aromatic carbocycles. The monoisotopic (exact) mass is 227 g/mol. The first-order valence-corrected chi connectivity index (χ1v) is 7.80. The van der Waals surface area contributed by atoms with Crippen LogP contribution in [0, 0.1) is 5.92 Å². The summed E-state index contributed by atoms with van der Waals surface area (Å²) in [7, 11) is 0. The normalized spacial score (nSPS) is 25.4. The third-order valence-electron chi connectivity index (χ3n) is 3.72. The van der Waals surface area contributed by atoms with Crippen LogP contribution >= 0.6 is 11.8 Å². The van der Waals surface area contributed by atoms with E-state index in [2.05, 4.69) is 24.0 Å². The highest BCUT2D eigenvalue weighted by Gasteiger charge is 2.31. The van der Waals surface area contributed by atoms with Gasteiger partial charge < -0.3 is 5.32 Å². The molecule has 2 saturated carbocycles. The second-order valence-electron chi connectivity index (χ2n) is 5.09. The minimum atomic E-state index is 0.821. The van der Waals surface area contributed by atoms with Crippen molar-refractivity contribution in [2.45, 2.75) is 63.2 Å². The molecule has 1 atom stereocenters. The number of rotatable bonds is 6. The lowest BCUT2D eigenvalue weighted by Gasteiger charge is -2.24. The van der Waals surface area contributed by atoms with E-state index in [-0.39, 0.29) is 0 Å². The molecule has 15 heavy (non-hydrogen) atoms. The van der Waals surface area contributed by atoms with Crippen LogP contribution in [0.1, 0.15) is 51.9 Å². The van der Waals surface area contributed by atoms with Crippen LogP contribution in [0.2, 0.25) is 0 Å². The van der Waals surface area contributed by atoms with Crippen molar-refractivity contribution >= 4 is 11.8 Å². The maximum Gasteiger partial charge on any atom is 0.0186 e. The van der Waals surface area contributed by atoms with Crippen molar-refractivity contribution in [3.05, 3.63) is 0 Å². The van der Waals surface area contributed by atoms with Gasteiger partial charge in [0, 0.05) is 17.0 Å². The molecule has 2 fully saturated rings. The van der Waals surface area contributed by atoms with E-state index in [1.807, 2.05) is 0 Å². The van der Waals surface area contributed by atoms with Crippen molar-refractivity contribution in [2.75, 3.05) is 12.3 Å². The highest BCUT2D eigenvalue weighted by atomic mass is 32.2. The summed E-state index contributed by atoms with van der Waals surface area (Å²) in [5.41, 5.74) is 0. The van der Waals surface area contributed by atoms with Crippen LogP contribution in [-0.4, -0.2) is 23.6 Å². The van der Waals surface area contributed by atoms with E-state index in [9.17, 15) is 0 Å². The Labute approximate surface area is 98.8 Å². The SMILES string of the molecule is CCNC(CSC1CCCCC1)C1CC1. The van der Waals surface area contributed by atoms with Crippen molar-refractivity contribution in [3.63, 3.8) is 0 Å².